The molecule has 0 radical (unpaired) electrons. The van der Waals surface area contributed by atoms with Crippen LogP contribution in [0.5, 0.6) is 0 Å². The van der Waals surface area contributed by atoms with Crippen LogP contribution in [-0.2, 0) is 4.74 Å². The van der Waals surface area contributed by atoms with Crippen molar-refractivity contribution in [2.45, 2.75) is 32.0 Å². The number of carbonyl (C=O) groups is 1. The minimum Gasteiger partial charge on any atom is -0.388 e. The molecule has 3 N–H and O–H groups in total. The van der Waals surface area contributed by atoms with Gasteiger partial charge >= 0.3 is 0 Å². The lowest BCUT2D eigenvalue weighted by Crippen LogP contribution is -2.42. The highest BCUT2D eigenvalue weighted by Gasteiger charge is 2.29. The molecule has 4 aromatic heterocycles. The van der Waals surface area contributed by atoms with Crippen molar-refractivity contribution >= 4 is 28.3 Å². The summed E-state index contributed by atoms with van der Waals surface area (Å²) in [5.41, 5.74) is 4.05. The smallest absolute Gasteiger partial charge is 0.272 e. The van der Waals surface area contributed by atoms with Crippen molar-refractivity contribution in [3.8, 4) is 11.3 Å². The molecular weight excluding hydrogens is 410 g/mol. The van der Waals surface area contributed by atoms with E-state index in [2.05, 4.69) is 39.0 Å². The average molecular weight is 435 g/mol. The third kappa shape index (κ3) is 3.28. The first-order valence-corrected chi connectivity index (χ1v) is 10.6. The Morgan fingerprint density at radius 3 is 2.84 bits per heavy atom. The van der Waals surface area contributed by atoms with E-state index >= 15 is 0 Å². The number of fused-ring (bicyclic) bond motifs is 2. The molecule has 5 heterocycles. The number of carbonyl (C=O) groups excluding carboxylic acids is 1. The zero-order valence-corrected chi connectivity index (χ0v) is 18.1. The summed E-state index contributed by atoms with van der Waals surface area (Å²) in [6.45, 7) is 4.68. The molecule has 0 spiro atoms. The molecule has 0 unspecified atom stereocenters. The third-order valence-electron chi connectivity index (χ3n) is 5.76. The molecule has 0 aromatic carbocycles. The maximum Gasteiger partial charge on any atom is 0.272 e. The summed E-state index contributed by atoms with van der Waals surface area (Å²) in [5.74, 6) is -0.370. The van der Waals surface area contributed by atoms with Crippen molar-refractivity contribution in [2.75, 3.05) is 25.6 Å². The number of pyridine rings is 1. The van der Waals surface area contributed by atoms with E-state index in [9.17, 15) is 9.90 Å². The van der Waals surface area contributed by atoms with Crippen molar-refractivity contribution in [3.63, 3.8) is 0 Å². The molecule has 10 nitrogen and oxygen atoms in total. The van der Waals surface area contributed by atoms with Gasteiger partial charge in [0.25, 0.3) is 5.91 Å². The van der Waals surface area contributed by atoms with Crippen LogP contribution in [-0.4, -0.2) is 67.6 Å². The van der Waals surface area contributed by atoms with E-state index in [4.69, 9.17) is 9.84 Å². The molecule has 4 aromatic rings. The van der Waals surface area contributed by atoms with E-state index < -0.39 is 12.1 Å². The van der Waals surface area contributed by atoms with E-state index in [1.54, 1.807) is 13.2 Å². The first kappa shape index (κ1) is 20.4. The van der Waals surface area contributed by atoms with E-state index in [1.807, 2.05) is 24.4 Å². The van der Waals surface area contributed by atoms with Gasteiger partial charge in [0.05, 0.1) is 42.9 Å². The molecule has 1 amide bonds. The number of hydrogen-bond donors (Lipinski definition) is 3. The second kappa shape index (κ2) is 7.88. The summed E-state index contributed by atoms with van der Waals surface area (Å²) in [5, 5.41) is 21.7. The molecule has 0 saturated carbocycles. The van der Waals surface area contributed by atoms with E-state index in [-0.39, 0.29) is 30.9 Å². The number of ether oxygens (including phenoxy) is 1. The second-order valence-electron chi connectivity index (χ2n) is 8.18. The van der Waals surface area contributed by atoms with Crippen LogP contribution >= 0.6 is 0 Å². The van der Waals surface area contributed by atoms with Gasteiger partial charge in [0.15, 0.2) is 11.3 Å². The maximum absolute atomic E-state index is 13.0. The summed E-state index contributed by atoms with van der Waals surface area (Å²) < 4.78 is 8.88. The van der Waals surface area contributed by atoms with E-state index in [0.717, 1.165) is 22.3 Å². The normalized spacial score (nSPS) is 18.7. The highest BCUT2D eigenvalue weighted by molar-refractivity contribution is 5.96. The highest BCUT2D eigenvalue weighted by Crippen LogP contribution is 2.32. The number of nitrogens with zero attached hydrogens (tertiary/aromatic N) is 5. The minimum atomic E-state index is -0.732. The van der Waals surface area contributed by atoms with Crippen molar-refractivity contribution in [1.82, 2.24) is 29.5 Å². The van der Waals surface area contributed by atoms with Crippen molar-refractivity contribution in [2.24, 2.45) is 0 Å². The number of amides is 1. The molecule has 0 aliphatic carbocycles. The topological polar surface area (TPSA) is 119 Å². The van der Waals surface area contributed by atoms with E-state index in [1.165, 1.54) is 10.7 Å². The van der Waals surface area contributed by atoms with Gasteiger partial charge in [0, 0.05) is 36.4 Å². The van der Waals surface area contributed by atoms with Crippen LogP contribution in [0.2, 0.25) is 0 Å². The summed E-state index contributed by atoms with van der Waals surface area (Å²) >= 11 is 0. The Balaban J connectivity index is 1.63. The first-order valence-electron chi connectivity index (χ1n) is 10.6. The van der Waals surface area contributed by atoms with Gasteiger partial charge in [0.2, 0.25) is 0 Å². The third-order valence-corrected chi connectivity index (χ3v) is 5.76. The van der Waals surface area contributed by atoms with Crippen LogP contribution in [0.3, 0.4) is 0 Å². The Labute approximate surface area is 184 Å². The van der Waals surface area contributed by atoms with Crippen molar-refractivity contribution < 1.29 is 14.6 Å². The monoisotopic (exact) mass is 435 g/mol. The van der Waals surface area contributed by atoms with Gasteiger partial charge in [-0.25, -0.2) is 14.5 Å². The highest BCUT2D eigenvalue weighted by atomic mass is 16.5. The number of anilines is 1. The Morgan fingerprint density at radius 2 is 2.12 bits per heavy atom. The summed E-state index contributed by atoms with van der Waals surface area (Å²) in [4.78, 5) is 21.9. The SMILES string of the molecule is CNc1cc(-c2cn(C(C)C)c3ncccc23)nn2c(C(=O)N[C@@H]3COC[C@@H]3O)cnc12. The maximum atomic E-state index is 13.0. The minimum absolute atomic E-state index is 0.207. The fraction of sp³-hybridized carbons (Fsp3) is 0.364. The zero-order valence-electron chi connectivity index (χ0n) is 18.1. The van der Waals surface area contributed by atoms with Crippen LogP contribution in [0.25, 0.3) is 27.9 Å². The lowest BCUT2D eigenvalue weighted by molar-refractivity contribution is 0.0879. The van der Waals surface area contributed by atoms with Crippen LogP contribution < -0.4 is 10.6 Å². The Morgan fingerprint density at radius 1 is 1.28 bits per heavy atom. The number of hydrogen-bond acceptors (Lipinski definition) is 7. The Hall–Kier alpha value is -3.50. The van der Waals surface area contributed by atoms with Gasteiger partial charge in [-0.05, 0) is 32.0 Å². The largest absolute Gasteiger partial charge is 0.388 e. The molecular formula is C22H25N7O3. The molecule has 166 valence electrons. The number of aliphatic hydroxyl groups excluding tert-OH is 1. The number of rotatable bonds is 5. The second-order valence-corrected chi connectivity index (χ2v) is 8.18. The van der Waals surface area contributed by atoms with Crippen LogP contribution in [0.15, 0.2) is 36.8 Å². The standard InChI is InChI=1S/C22H25N7O3/c1-12(2)28-9-14(13-5-4-6-24-20(13)28)15-7-16(23-3)21-25-8-18(29(21)27-15)22(31)26-17-10-32-11-19(17)30/h4-9,12,17,19,23,30H,10-11H2,1-3H3,(H,26,31)/t17-,19+/m1/s1. The summed E-state index contributed by atoms with van der Waals surface area (Å²) in [6.07, 6.45) is 4.58. The predicted molar refractivity (Wildman–Crippen MR) is 120 cm³/mol. The molecule has 32 heavy (non-hydrogen) atoms. The molecule has 0 bridgehead atoms. The average Bonchev–Trinajstić information content (AvgIpc) is 3.50. The van der Waals surface area contributed by atoms with Crippen LogP contribution in [0.4, 0.5) is 5.69 Å². The van der Waals surface area contributed by atoms with Gasteiger partial charge in [-0.3, -0.25) is 4.79 Å². The van der Waals surface area contributed by atoms with Gasteiger partial charge < -0.3 is 25.0 Å². The first-order chi connectivity index (χ1) is 15.5. The molecule has 10 heteroatoms. The summed E-state index contributed by atoms with van der Waals surface area (Å²) in [6, 6.07) is 5.60. The summed E-state index contributed by atoms with van der Waals surface area (Å²) in [7, 11) is 1.80. The van der Waals surface area contributed by atoms with E-state index in [0.29, 0.717) is 11.3 Å². The van der Waals surface area contributed by atoms with Crippen LogP contribution in [0.1, 0.15) is 30.4 Å². The predicted octanol–water partition coefficient (Wildman–Crippen LogP) is 1.86. The van der Waals surface area contributed by atoms with Gasteiger partial charge in [0.1, 0.15) is 5.65 Å². The quantitative estimate of drug-likeness (QED) is 0.438. The number of aromatic nitrogens is 5. The van der Waals surface area contributed by atoms with Gasteiger partial charge in [-0.1, -0.05) is 0 Å². The molecule has 1 fully saturated rings. The Kier molecular flexibility index (Phi) is 5.03. The lowest BCUT2D eigenvalue weighted by atomic mass is 10.1. The fourth-order valence-corrected chi connectivity index (χ4v) is 4.04. The van der Waals surface area contributed by atoms with Crippen molar-refractivity contribution in [3.05, 3.63) is 42.5 Å². The molecule has 2 atom stereocenters. The van der Waals surface area contributed by atoms with Crippen molar-refractivity contribution in [1.29, 1.82) is 0 Å². The molecule has 1 aliphatic heterocycles. The number of aliphatic hydroxyl groups is 1. The van der Waals surface area contributed by atoms with Crippen LogP contribution in [0, 0.1) is 0 Å². The fourth-order valence-electron chi connectivity index (χ4n) is 4.04. The number of nitrogens with one attached hydrogen (secondary N) is 2. The molecule has 5 rings (SSSR count). The molecule has 1 saturated heterocycles. The Bertz CT molecular complexity index is 1310. The number of imidazole rings is 1. The molecule has 1 aliphatic rings. The van der Waals surface area contributed by atoms with Gasteiger partial charge in [-0.15, -0.1) is 0 Å². The lowest BCUT2D eigenvalue weighted by Gasteiger charge is -2.14. The zero-order chi connectivity index (χ0) is 22.4. The van der Waals surface area contributed by atoms with Gasteiger partial charge in [-0.2, -0.15) is 5.10 Å².